The van der Waals surface area contributed by atoms with Gasteiger partial charge in [0.25, 0.3) is 0 Å². The van der Waals surface area contributed by atoms with Crippen molar-refractivity contribution in [1.82, 2.24) is 9.97 Å². The number of H-pyrrole nitrogens is 1. The number of nitrogen functional groups attached to an aromatic ring is 1. The van der Waals surface area contributed by atoms with E-state index in [4.69, 9.17) is 10.2 Å². The summed E-state index contributed by atoms with van der Waals surface area (Å²) < 4.78 is 5.20. The Labute approximate surface area is 62.6 Å². The van der Waals surface area contributed by atoms with Crippen LogP contribution in [0.5, 0.6) is 0 Å². The monoisotopic (exact) mass is 152 g/mol. The molecule has 58 valence electrons. The zero-order valence-electron chi connectivity index (χ0n) is 6.01. The molecule has 0 aromatic carbocycles. The third kappa shape index (κ3) is 0.813. The number of anilines is 2. The largest absolute Gasteiger partial charge is 0.421 e. The Kier molecular flexibility index (Phi) is 1.06. The predicted octanol–water partition coefficient (Wildman–Crippen LogP) is 0.780. The molecule has 2 aromatic heterocycles. The molecule has 0 spiro atoms. The van der Waals surface area contributed by atoms with Crippen molar-refractivity contribution in [2.45, 2.75) is 0 Å². The van der Waals surface area contributed by atoms with Gasteiger partial charge in [0.1, 0.15) is 5.52 Å². The lowest BCUT2D eigenvalue weighted by Crippen LogP contribution is -1.86. The van der Waals surface area contributed by atoms with E-state index in [-0.39, 0.29) is 0 Å². The predicted molar refractivity (Wildman–Crippen MR) is 42.3 cm³/mol. The number of aromatic amines is 1. The molecule has 5 nitrogen and oxygen atoms in total. The number of rotatable bonds is 1. The lowest BCUT2D eigenvalue weighted by atomic mass is 10.5. The van der Waals surface area contributed by atoms with E-state index in [2.05, 4.69) is 15.3 Å². The van der Waals surface area contributed by atoms with E-state index >= 15 is 0 Å². The van der Waals surface area contributed by atoms with Crippen LogP contribution in [0.1, 0.15) is 0 Å². The Bertz CT molecular complexity index is 343. The molecule has 0 atom stereocenters. The third-order valence-electron chi connectivity index (χ3n) is 1.44. The van der Waals surface area contributed by atoms with E-state index in [1.54, 1.807) is 13.1 Å². The van der Waals surface area contributed by atoms with Gasteiger partial charge >= 0.3 is 0 Å². The lowest BCUT2D eigenvalue weighted by Gasteiger charge is -1.87. The third-order valence-corrected chi connectivity index (χ3v) is 1.44. The van der Waals surface area contributed by atoms with Crippen LogP contribution in [-0.2, 0) is 0 Å². The topological polar surface area (TPSA) is 79.9 Å². The van der Waals surface area contributed by atoms with Gasteiger partial charge in [0.05, 0.1) is 0 Å². The van der Waals surface area contributed by atoms with Crippen LogP contribution in [0.15, 0.2) is 10.5 Å². The summed E-state index contributed by atoms with van der Waals surface area (Å²) >= 11 is 0. The Morgan fingerprint density at radius 1 is 1.73 bits per heavy atom. The van der Waals surface area contributed by atoms with Crippen LogP contribution < -0.4 is 11.1 Å². The van der Waals surface area contributed by atoms with Gasteiger partial charge in [-0.2, -0.15) is 4.98 Å². The average molecular weight is 152 g/mol. The van der Waals surface area contributed by atoms with Crippen molar-refractivity contribution in [3.05, 3.63) is 6.07 Å². The smallest absolute Gasteiger partial charge is 0.248 e. The van der Waals surface area contributed by atoms with Gasteiger partial charge in [-0.15, -0.1) is 0 Å². The molecule has 0 aliphatic heterocycles. The van der Waals surface area contributed by atoms with Crippen LogP contribution in [0.4, 0.5) is 11.8 Å². The molecule has 0 unspecified atom stereocenters. The highest BCUT2D eigenvalue weighted by Crippen LogP contribution is 2.20. The Balaban J connectivity index is 2.64. The molecule has 2 rings (SSSR count). The second kappa shape index (κ2) is 1.91. The van der Waals surface area contributed by atoms with Gasteiger partial charge in [-0.25, -0.2) is 0 Å². The van der Waals surface area contributed by atoms with Crippen molar-refractivity contribution in [1.29, 1.82) is 0 Å². The van der Waals surface area contributed by atoms with Crippen LogP contribution >= 0.6 is 0 Å². The fourth-order valence-corrected chi connectivity index (χ4v) is 0.953. The number of nitrogens with two attached hydrogens (primary N) is 1. The molecule has 0 amide bonds. The second-order valence-electron chi connectivity index (χ2n) is 2.20. The second-order valence-corrected chi connectivity index (χ2v) is 2.20. The Hall–Kier alpha value is -1.65. The number of hydrogen-bond acceptors (Lipinski definition) is 4. The van der Waals surface area contributed by atoms with E-state index in [9.17, 15) is 0 Å². The molecule has 0 fully saturated rings. The minimum Gasteiger partial charge on any atom is -0.421 e. The zero-order valence-corrected chi connectivity index (χ0v) is 6.01. The normalized spacial score (nSPS) is 10.6. The standard InChI is InChI=1S/C6H8N4O/c1-8-4-2-3-5(11-4)10-6(7)9-3/h2,8H,1H3,(H3,7,9,10). The van der Waals surface area contributed by atoms with Crippen molar-refractivity contribution in [3.63, 3.8) is 0 Å². The molecule has 0 saturated heterocycles. The molecule has 0 saturated carbocycles. The number of imidazole rings is 1. The van der Waals surface area contributed by atoms with Gasteiger partial charge in [-0.05, 0) is 0 Å². The lowest BCUT2D eigenvalue weighted by molar-refractivity contribution is 0.620. The first-order valence-corrected chi connectivity index (χ1v) is 3.22. The maximum Gasteiger partial charge on any atom is 0.248 e. The van der Waals surface area contributed by atoms with Crippen molar-refractivity contribution in [3.8, 4) is 0 Å². The quantitative estimate of drug-likeness (QED) is 0.564. The molecular weight excluding hydrogens is 144 g/mol. The Morgan fingerprint density at radius 3 is 3.18 bits per heavy atom. The first-order valence-electron chi connectivity index (χ1n) is 3.22. The van der Waals surface area contributed by atoms with Crippen LogP contribution in [0.3, 0.4) is 0 Å². The average Bonchev–Trinajstić information content (AvgIpc) is 2.43. The van der Waals surface area contributed by atoms with Gasteiger partial charge in [-0.3, -0.25) is 0 Å². The Morgan fingerprint density at radius 2 is 2.55 bits per heavy atom. The summed E-state index contributed by atoms with van der Waals surface area (Å²) in [5.74, 6) is 1.06. The fraction of sp³-hybridized carbons (Fsp3) is 0.167. The molecule has 0 aliphatic carbocycles. The van der Waals surface area contributed by atoms with Crippen LogP contribution in [-0.4, -0.2) is 17.0 Å². The number of nitrogens with zero attached hydrogens (tertiary/aromatic N) is 1. The number of furan rings is 1. The van der Waals surface area contributed by atoms with Crippen LogP contribution in [0.2, 0.25) is 0 Å². The highest BCUT2D eigenvalue weighted by atomic mass is 16.4. The molecule has 2 heterocycles. The van der Waals surface area contributed by atoms with Crippen LogP contribution in [0, 0.1) is 0 Å². The summed E-state index contributed by atoms with van der Waals surface area (Å²) in [7, 11) is 1.78. The molecule has 5 heteroatoms. The summed E-state index contributed by atoms with van der Waals surface area (Å²) in [6.45, 7) is 0. The summed E-state index contributed by atoms with van der Waals surface area (Å²) in [5, 5.41) is 2.85. The summed E-state index contributed by atoms with van der Waals surface area (Å²) in [6.07, 6.45) is 0. The van der Waals surface area contributed by atoms with E-state index in [0.717, 1.165) is 5.52 Å². The number of aromatic nitrogens is 2. The van der Waals surface area contributed by atoms with Crippen LogP contribution in [0.25, 0.3) is 11.2 Å². The first kappa shape index (κ1) is 6.09. The van der Waals surface area contributed by atoms with E-state index in [0.29, 0.717) is 17.5 Å². The molecule has 0 bridgehead atoms. The maximum absolute atomic E-state index is 5.38. The molecule has 0 radical (unpaired) electrons. The van der Waals surface area contributed by atoms with Gasteiger partial charge < -0.3 is 20.5 Å². The number of fused-ring (bicyclic) bond motifs is 1. The number of hydrogen-bond donors (Lipinski definition) is 3. The molecule has 2 aromatic rings. The van der Waals surface area contributed by atoms with Gasteiger partial charge in [-0.1, -0.05) is 0 Å². The molecule has 11 heavy (non-hydrogen) atoms. The number of nitrogens with one attached hydrogen (secondary N) is 2. The minimum atomic E-state index is 0.376. The summed E-state index contributed by atoms with van der Waals surface area (Å²) in [5.41, 5.74) is 6.73. The van der Waals surface area contributed by atoms with Crippen molar-refractivity contribution in [2.24, 2.45) is 0 Å². The van der Waals surface area contributed by atoms with Crippen molar-refractivity contribution in [2.75, 3.05) is 18.1 Å². The summed E-state index contributed by atoms with van der Waals surface area (Å²) in [6, 6.07) is 1.80. The minimum absolute atomic E-state index is 0.376. The van der Waals surface area contributed by atoms with Crippen molar-refractivity contribution >= 4 is 23.1 Å². The highest BCUT2D eigenvalue weighted by molar-refractivity contribution is 5.75. The van der Waals surface area contributed by atoms with Crippen molar-refractivity contribution < 1.29 is 4.42 Å². The molecule has 4 N–H and O–H groups in total. The zero-order chi connectivity index (χ0) is 7.84. The van der Waals surface area contributed by atoms with E-state index < -0.39 is 0 Å². The van der Waals surface area contributed by atoms with E-state index in [1.807, 2.05) is 0 Å². The highest BCUT2D eigenvalue weighted by Gasteiger charge is 2.05. The summed E-state index contributed by atoms with van der Waals surface area (Å²) in [4.78, 5) is 6.74. The SMILES string of the molecule is CNc1cc2[nH]c(N)nc2o1. The maximum atomic E-state index is 5.38. The van der Waals surface area contributed by atoms with Gasteiger partial charge in [0.15, 0.2) is 5.88 Å². The molecular formula is C6H8N4O. The van der Waals surface area contributed by atoms with E-state index in [1.165, 1.54) is 0 Å². The first-order chi connectivity index (χ1) is 5.29. The molecule has 0 aliphatic rings. The van der Waals surface area contributed by atoms with Gasteiger partial charge in [0, 0.05) is 13.1 Å². The fourth-order valence-electron chi connectivity index (χ4n) is 0.953. The van der Waals surface area contributed by atoms with Gasteiger partial charge in [0.2, 0.25) is 11.7 Å².